The van der Waals surface area contributed by atoms with Gasteiger partial charge in [0, 0.05) is 20.7 Å². The first kappa shape index (κ1) is 16.4. The van der Waals surface area contributed by atoms with E-state index in [-0.39, 0.29) is 0 Å². The molecule has 112 valence electrons. The van der Waals surface area contributed by atoms with Gasteiger partial charge in [0.15, 0.2) is 0 Å². The summed E-state index contributed by atoms with van der Waals surface area (Å²) in [7, 11) is 0. The molecule has 0 amide bonds. The van der Waals surface area contributed by atoms with Crippen molar-refractivity contribution in [2.24, 2.45) is 5.92 Å². The summed E-state index contributed by atoms with van der Waals surface area (Å²) >= 11 is 5.58. The molecule has 1 aliphatic rings. The summed E-state index contributed by atoms with van der Waals surface area (Å²) < 4.78 is 1.16. The van der Waals surface area contributed by atoms with Crippen molar-refractivity contribution in [3.8, 4) is 0 Å². The average molecular weight is 356 g/mol. The van der Waals surface area contributed by atoms with Crippen LogP contribution in [0.4, 0.5) is 0 Å². The van der Waals surface area contributed by atoms with Crippen LogP contribution < -0.4 is 5.32 Å². The monoisotopic (exact) mass is 355 g/mol. The molecule has 0 spiro atoms. The average Bonchev–Trinajstić information content (AvgIpc) is 2.45. The van der Waals surface area contributed by atoms with Crippen molar-refractivity contribution in [1.82, 2.24) is 5.32 Å². The zero-order valence-corrected chi connectivity index (χ0v) is 15.0. The zero-order chi connectivity index (χ0) is 14.4. The van der Waals surface area contributed by atoms with Crippen molar-refractivity contribution < 1.29 is 0 Å². The van der Waals surface area contributed by atoms with Gasteiger partial charge < -0.3 is 5.32 Å². The molecule has 20 heavy (non-hydrogen) atoms. The second kappa shape index (κ2) is 8.45. The van der Waals surface area contributed by atoms with Gasteiger partial charge in [-0.25, -0.2) is 0 Å². The maximum atomic E-state index is 3.70. The van der Waals surface area contributed by atoms with Crippen molar-refractivity contribution in [1.29, 1.82) is 0 Å². The molecule has 1 saturated carbocycles. The van der Waals surface area contributed by atoms with Crippen LogP contribution in [0.15, 0.2) is 33.6 Å². The van der Waals surface area contributed by atoms with Crippen molar-refractivity contribution >= 4 is 27.7 Å². The molecule has 1 N–H and O–H groups in total. The van der Waals surface area contributed by atoms with E-state index < -0.39 is 0 Å². The highest BCUT2D eigenvalue weighted by Gasteiger charge is 2.30. The van der Waals surface area contributed by atoms with Gasteiger partial charge in [-0.2, -0.15) is 0 Å². The fourth-order valence-corrected chi connectivity index (χ4v) is 4.87. The fourth-order valence-electron chi connectivity index (χ4n) is 3.20. The first-order valence-electron chi connectivity index (χ1n) is 7.88. The van der Waals surface area contributed by atoms with E-state index in [1.165, 1.54) is 37.0 Å². The number of hydrogen-bond donors (Lipinski definition) is 1. The Hall–Kier alpha value is 0.01000. The quantitative estimate of drug-likeness (QED) is 0.723. The number of nitrogens with one attached hydrogen (secondary N) is 1. The van der Waals surface area contributed by atoms with Gasteiger partial charge in [0.25, 0.3) is 0 Å². The molecular weight excluding hydrogens is 330 g/mol. The number of rotatable bonds is 6. The van der Waals surface area contributed by atoms with Gasteiger partial charge in [-0.3, -0.25) is 0 Å². The molecule has 3 atom stereocenters. The fraction of sp³-hybridized carbons (Fsp3) is 0.647. The number of thioether (sulfide) groups is 1. The third kappa shape index (κ3) is 4.78. The van der Waals surface area contributed by atoms with E-state index >= 15 is 0 Å². The summed E-state index contributed by atoms with van der Waals surface area (Å²) in [6, 6.07) is 9.46. The van der Waals surface area contributed by atoms with Crippen LogP contribution in [-0.2, 0) is 0 Å². The summed E-state index contributed by atoms with van der Waals surface area (Å²) in [5, 5.41) is 4.42. The summed E-state index contributed by atoms with van der Waals surface area (Å²) in [5.41, 5.74) is 0. The third-order valence-electron chi connectivity index (χ3n) is 4.16. The van der Waals surface area contributed by atoms with E-state index in [2.05, 4.69) is 71.1 Å². The van der Waals surface area contributed by atoms with Gasteiger partial charge in [0.1, 0.15) is 0 Å². The third-order valence-corrected chi connectivity index (χ3v) is 6.06. The molecule has 0 heterocycles. The minimum absolute atomic E-state index is 0.682. The van der Waals surface area contributed by atoms with E-state index in [0.717, 1.165) is 22.2 Å². The van der Waals surface area contributed by atoms with Crippen LogP contribution in [0.1, 0.15) is 46.0 Å². The maximum absolute atomic E-state index is 3.70. The van der Waals surface area contributed by atoms with Gasteiger partial charge in [-0.15, -0.1) is 11.8 Å². The highest BCUT2D eigenvalue weighted by molar-refractivity contribution is 9.10. The van der Waals surface area contributed by atoms with Crippen LogP contribution in [0.25, 0.3) is 0 Å². The summed E-state index contributed by atoms with van der Waals surface area (Å²) in [6.45, 7) is 5.62. The highest BCUT2D eigenvalue weighted by atomic mass is 79.9. The Morgan fingerprint density at radius 1 is 1.20 bits per heavy atom. The lowest BCUT2D eigenvalue weighted by molar-refractivity contribution is 0.289. The molecular formula is C17H26BrNS. The molecule has 2 rings (SSSR count). The SMILES string of the molecule is CCCC1CCC(NCC)C(Sc2ccc(Br)cc2)C1. The van der Waals surface area contributed by atoms with E-state index in [1.807, 2.05) is 0 Å². The van der Waals surface area contributed by atoms with Crippen LogP contribution in [0.2, 0.25) is 0 Å². The Morgan fingerprint density at radius 2 is 1.95 bits per heavy atom. The number of hydrogen-bond acceptors (Lipinski definition) is 2. The largest absolute Gasteiger partial charge is 0.313 e. The maximum Gasteiger partial charge on any atom is 0.0251 e. The van der Waals surface area contributed by atoms with Gasteiger partial charge in [0.2, 0.25) is 0 Å². The van der Waals surface area contributed by atoms with Crippen LogP contribution in [0, 0.1) is 5.92 Å². The van der Waals surface area contributed by atoms with Gasteiger partial charge in [-0.1, -0.05) is 42.6 Å². The molecule has 1 aromatic rings. The lowest BCUT2D eigenvalue weighted by atomic mass is 9.83. The Labute approximate surface area is 136 Å². The van der Waals surface area contributed by atoms with E-state index in [1.54, 1.807) is 0 Å². The summed E-state index contributed by atoms with van der Waals surface area (Å²) in [5.74, 6) is 0.933. The highest BCUT2D eigenvalue weighted by Crippen LogP contribution is 2.38. The lowest BCUT2D eigenvalue weighted by Gasteiger charge is -2.36. The molecule has 1 fully saturated rings. The summed E-state index contributed by atoms with van der Waals surface area (Å²) in [4.78, 5) is 1.40. The first-order valence-corrected chi connectivity index (χ1v) is 9.55. The van der Waals surface area contributed by atoms with Crippen molar-refractivity contribution in [2.45, 2.75) is 62.1 Å². The smallest absolute Gasteiger partial charge is 0.0251 e. The molecule has 0 radical (unpaired) electrons. The number of halogens is 1. The molecule has 0 bridgehead atoms. The van der Waals surface area contributed by atoms with Crippen molar-refractivity contribution in [3.05, 3.63) is 28.7 Å². The topological polar surface area (TPSA) is 12.0 Å². The molecule has 1 aliphatic carbocycles. The predicted octanol–water partition coefficient (Wildman–Crippen LogP) is 5.49. The van der Waals surface area contributed by atoms with E-state index in [4.69, 9.17) is 0 Å². The lowest BCUT2D eigenvalue weighted by Crippen LogP contribution is -2.42. The molecule has 0 saturated heterocycles. The standard InChI is InChI=1S/C17H26BrNS/c1-3-5-13-6-11-16(19-4-2)17(12-13)20-15-9-7-14(18)8-10-15/h7-10,13,16-17,19H,3-6,11-12H2,1-2H3. The second-order valence-electron chi connectivity index (χ2n) is 5.74. The number of benzene rings is 1. The Kier molecular flexibility index (Phi) is 6.92. The Bertz CT molecular complexity index is 392. The second-order valence-corrected chi connectivity index (χ2v) is 7.97. The van der Waals surface area contributed by atoms with E-state index in [9.17, 15) is 0 Å². The first-order chi connectivity index (χ1) is 9.72. The molecule has 3 heteroatoms. The summed E-state index contributed by atoms with van der Waals surface area (Å²) in [6.07, 6.45) is 6.84. The molecule has 1 aromatic carbocycles. The van der Waals surface area contributed by atoms with Crippen molar-refractivity contribution in [3.63, 3.8) is 0 Å². The minimum Gasteiger partial charge on any atom is -0.313 e. The zero-order valence-electron chi connectivity index (χ0n) is 12.6. The van der Waals surface area contributed by atoms with Gasteiger partial charge in [0.05, 0.1) is 0 Å². The predicted molar refractivity (Wildman–Crippen MR) is 93.5 cm³/mol. The Balaban J connectivity index is 2.00. The van der Waals surface area contributed by atoms with E-state index in [0.29, 0.717) is 6.04 Å². The minimum atomic E-state index is 0.682. The molecule has 0 aliphatic heterocycles. The molecule has 0 aromatic heterocycles. The van der Waals surface area contributed by atoms with Crippen LogP contribution in [0.3, 0.4) is 0 Å². The Morgan fingerprint density at radius 3 is 2.60 bits per heavy atom. The normalized spacial score (nSPS) is 26.6. The van der Waals surface area contributed by atoms with Gasteiger partial charge >= 0.3 is 0 Å². The van der Waals surface area contributed by atoms with Gasteiger partial charge in [-0.05, 0) is 56.0 Å². The van der Waals surface area contributed by atoms with Crippen molar-refractivity contribution in [2.75, 3.05) is 6.54 Å². The molecule has 3 unspecified atom stereocenters. The van der Waals surface area contributed by atoms with Crippen LogP contribution in [-0.4, -0.2) is 17.8 Å². The van der Waals surface area contributed by atoms with Crippen LogP contribution >= 0.6 is 27.7 Å². The van der Waals surface area contributed by atoms with Crippen LogP contribution in [0.5, 0.6) is 0 Å². The molecule has 1 nitrogen and oxygen atoms in total.